The van der Waals surface area contributed by atoms with Crippen molar-refractivity contribution in [3.05, 3.63) is 40.9 Å². The molecule has 170 valence electrons. The Morgan fingerprint density at radius 3 is 2.65 bits per heavy atom. The fourth-order valence-electron chi connectivity index (χ4n) is 3.87. The molecule has 0 aromatic heterocycles. The summed E-state index contributed by atoms with van der Waals surface area (Å²) >= 11 is 6.03. The number of aliphatic hydroxyl groups excluding tert-OH is 1. The minimum Gasteiger partial charge on any atom is -0.394 e. The fourth-order valence-corrected chi connectivity index (χ4v) is 4.06. The van der Waals surface area contributed by atoms with Crippen molar-refractivity contribution >= 4 is 35.0 Å². The first kappa shape index (κ1) is 24.9. The van der Waals surface area contributed by atoms with Crippen molar-refractivity contribution in [2.75, 3.05) is 18.5 Å². The van der Waals surface area contributed by atoms with E-state index in [1.807, 2.05) is 19.9 Å². The summed E-state index contributed by atoms with van der Waals surface area (Å²) in [6, 6.07) is 6.39. The summed E-state index contributed by atoms with van der Waals surface area (Å²) in [7, 11) is 0. The molecular formula is C23H32ClN3O4. The van der Waals surface area contributed by atoms with Crippen molar-refractivity contribution in [2.45, 2.75) is 58.5 Å². The summed E-state index contributed by atoms with van der Waals surface area (Å²) in [5, 5.41) is 15.6. The van der Waals surface area contributed by atoms with Crippen LogP contribution in [0.2, 0.25) is 5.02 Å². The van der Waals surface area contributed by atoms with E-state index in [0.717, 1.165) is 5.57 Å². The number of hydrogen-bond donors (Lipinski definition) is 3. The number of nitrogens with one attached hydrogen (secondary N) is 2. The van der Waals surface area contributed by atoms with E-state index >= 15 is 0 Å². The Bertz CT molecular complexity index is 853. The lowest BCUT2D eigenvalue weighted by molar-refractivity contribution is -0.144. The van der Waals surface area contributed by atoms with Crippen LogP contribution in [0.3, 0.4) is 0 Å². The molecule has 0 spiro atoms. The number of likely N-dealkylation sites (tertiary alicyclic amines) is 1. The number of halogens is 1. The number of carbonyl (C=O) groups is 3. The van der Waals surface area contributed by atoms with Crippen LogP contribution >= 0.6 is 11.6 Å². The van der Waals surface area contributed by atoms with E-state index in [2.05, 4.69) is 10.6 Å². The zero-order valence-electron chi connectivity index (χ0n) is 18.6. The van der Waals surface area contributed by atoms with Crippen LogP contribution in [0.25, 0.3) is 0 Å². The molecule has 0 saturated carbocycles. The van der Waals surface area contributed by atoms with Crippen LogP contribution in [0, 0.1) is 5.92 Å². The molecule has 0 aliphatic carbocycles. The highest BCUT2D eigenvalue weighted by Crippen LogP contribution is 2.32. The lowest BCUT2D eigenvalue weighted by Crippen LogP contribution is -2.57. The SMILES string of the molecule is C/C=C(\CC)[C@@H]1C(C(=O)Nc2cccc(Cl)c2)CCC(=O)N1CC(=O)NC(C)(C)CO. The Hall–Kier alpha value is -2.38. The number of aliphatic hydroxyl groups is 1. The van der Waals surface area contributed by atoms with Gasteiger partial charge in [0.25, 0.3) is 0 Å². The van der Waals surface area contributed by atoms with Gasteiger partial charge < -0.3 is 20.6 Å². The summed E-state index contributed by atoms with van der Waals surface area (Å²) in [6.07, 6.45) is 3.14. The molecular weight excluding hydrogens is 418 g/mol. The summed E-state index contributed by atoms with van der Waals surface area (Å²) in [5.41, 5.74) is 0.706. The van der Waals surface area contributed by atoms with Crippen LogP contribution in [-0.4, -0.2) is 52.5 Å². The monoisotopic (exact) mass is 449 g/mol. The standard InChI is InChI=1S/C23H32ClN3O4/c1-5-15(6-2)21-18(22(31)25-17-9-7-8-16(24)12-17)10-11-20(30)27(21)13-19(29)26-23(3,4)14-28/h5,7-9,12,18,21,28H,6,10-11,13-14H2,1-4H3,(H,25,31)(H,26,29)/b15-5+/t18?,21-/m1/s1. The van der Waals surface area contributed by atoms with Gasteiger partial charge in [-0.3, -0.25) is 14.4 Å². The van der Waals surface area contributed by atoms with Gasteiger partial charge in [0.15, 0.2) is 0 Å². The molecule has 1 aliphatic heterocycles. The van der Waals surface area contributed by atoms with Gasteiger partial charge in [0.2, 0.25) is 17.7 Å². The van der Waals surface area contributed by atoms with Gasteiger partial charge >= 0.3 is 0 Å². The summed E-state index contributed by atoms with van der Waals surface area (Å²) < 4.78 is 0. The quantitative estimate of drug-likeness (QED) is 0.531. The molecule has 0 radical (unpaired) electrons. The van der Waals surface area contributed by atoms with E-state index in [1.54, 1.807) is 38.1 Å². The number of allylic oxidation sites excluding steroid dienone is 1. The Balaban J connectivity index is 2.30. The predicted molar refractivity (Wildman–Crippen MR) is 122 cm³/mol. The maximum Gasteiger partial charge on any atom is 0.240 e. The Labute approximate surface area is 188 Å². The average Bonchev–Trinajstić information content (AvgIpc) is 2.70. The first-order valence-corrected chi connectivity index (χ1v) is 10.9. The zero-order valence-corrected chi connectivity index (χ0v) is 19.3. The maximum atomic E-state index is 13.2. The predicted octanol–water partition coefficient (Wildman–Crippen LogP) is 3.13. The largest absolute Gasteiger partial charge is 0.394 e. The van der Waals surface area contributed by atoms with Gasteiger partial charge in [-0.15, -0.1) is 0 Å². The number of anilines is 1. The normalized spacial score (nSPS) is 19.9. The molecule has 2 atom stereocenters. The van der Waals surface area contributed by atoms with Gasteiger partial charge in [0.05, 0.1) is 24.1 Å². The smallest absolute Gasteiger partial charge is 0.240 e. The summed E-state index contributed by atoms with van der Waals surface area (Å²) in [6.45, 7) is 6.83. The molecule has 1 aliphatic rings. The van der Waals surface area contributed by atoms with Crippen molar-refractivity contribution in [3.63, 3.8) is 0 Å². The van der Waals surface area contributed by atoms with Gasteiger partial charge in [-0.25, -0.2) is 0 Å². The second-order valence-electron chi connectivity index (χ2n) is 8.42. The number of hydrogen-bond acceptors (Lipinski definition) is 4. The number of benzene rings is 1. The second kappa shape index (κ2) is 10.8. The van der Waals surface area contributed by atoms with Crippen LogP contribution in [-0.2, 0) is 14.4 Å². The van der Waals surface area contributed by atoms with E-state index in [4.69, 9.17) is 11.6 Å². The molecule has 1 unspecified atom stereocenters. The maximum absolute atomic E-state index is 13.2. The van der Waals surface area contributed by atoms with Crippen LogP contribution in [0.4, 0.5) is 5.69 Å². The minimum absolute atomic E-state index is 0.165. The van der Waals surface area contributed by atoms with Gasteiger partial charge in [-0.2, -0.15) is 0 Å². The summed E-state index contributed by atoms with van der Waals surface area (Å²) in [5.74, 6) is -1.25. The Morgan fingerprint density at radius 1 is 1.35 bits per heavy atom. The van der Waals surface area contributed by atoms with Gasteiger partial charge in [0, 0.05) is 17.1 Å². The number of piperidine rings is 1. The molecule has 1 aromatic rings. The van der Waals surface area contributed by atoms with Crippen molar-refractivity contribution in [1.29, 1.82) is 0 Å². The van der Waals surface area contributed by atoms with Crippen LogP contribution in [0.1, 0.15) is 47.0 Å². The number of rotatable bonds is 8. The topological polar surface area (TPSA) is 98.7 Å². The minimum atomic E-state index is -0.803. The molecule has 2 rings (SSSR count). The van der Waals surface area contributed by atoms with E-state index in [9.17, 15) is 19.5 Å². The first-order valence-electron chi connectivity index (χ1n) is 10.5. The third-order valence-corrected chi connectivity index (χ3v) is 5.72. The zero-order chi connectivity index (χ0) is 23.2. The van der Waals surface area contributed by atoms with Crippen LogP contribution < -0.4 is 10.6 Å². The fraction of sp³-hybridized carbons (Fsp3) is 0.522. The van der Waals surface area contributed by atoms with Crippen molar-refractivity contribution < 1.29 is 19.5 Å². The summed E-state index contributed by atoms with van der Waals surface area (Å²) in [4.78, 5) is 40.1. The molecule has 7 nitrogen and oxygen atoms in total. The van der Waals surface area contributed by atoms with Gasteiger partial charge in [-0.05, 0) is 51.8 Å². The third-order valence-electron chi connectivity index (χ3n) is 5.48. The Morgan fingerprint density at radius 2 is 2.06 bits per heavy atom. The molecule has 1 aromatic carbocycles. The van der Waals surface area contributed by atoms with Crippen molar-refractivity contribution in [3.8, 4) is 0 Å². The highest BCUT2D eigenvalue weighted by atomic mass is 35.5. The van der Waals surface area contributed by atoms with Crippen molar-refractivity contribution in [1.82, 2.24) is 10.2 Å². The Kier molecular flexibility index (Phi) is 8.65. The first-order chi connectivity index (χ1) is 14.6. The molecule has 1 saturated heterocycles. The molecule has 8 heteroatoms. The van der Waals surface area contributed by atoms with Crippen LogP contribution in [0.15, 0.2) is 35.9 Å². The second-order valence-corrected chi connectivity index (χ2v) is 8.85. The third kappa shape index (κ3) is 6.55. The van der Waals surface area contributed by atoms with E-state index in [-0.39, 0.29) is 37.3 Å². The molecule has 3 N–H and O–H groups in total. The van der Waals surface area contributed by atoms with E-state index in [0.29, 0.717) is 23.6 Å². The van der Waals surface area contributed by atoms with Crippen LogP contribution in [0.5, 0.6) is 0 Å². The number of carbonyl (C=O) groups excluding carboxylic acids is 3. The van der Waals surface area contributed by atoms with E-state index < -0.39 is 17.5 Å². The lowest BCUT2D eigenvalue weighted by Gasteiger charge is -2.42. The molecule has 31 heavy (non-hydrogen) atoms. The highest BCUT2D eigenvalue weighted by molar-refractivity contribution is 6.30. The van der Waals surface area contributed by atoms with Gasteiger partial charge in [0.1, 0.15) is 6.54 Å². The van der Waals surface area contributed by atoms with Gasteiger partial charge in [-0.1, -0.05) is 36.2 Å². The van der Waals surface area contributed by atoms with Crippen molar-refractivity contribution in [2.24, 2.45) is 5.92 Å². The number of nitrogens with zero attached hydrogens (tertiary/aromatic N) is 1. The molecule has 3 amide bonds. The molecule has 1 heterocycles. The average molecular weight is 450 g/mol. The highest BCUT2D eigenvalue weighted by Gasteiger charge is 2.42. The number of amides is 3. The van der Waals surface area contributed by atoms with E-state index in [1.165, 1.54) is 4.90 Å². The molecule has 1 fully saturated rings. The molecule has 0 bridgehead atoms. The lowest BCUT2D eigenvalue weighted by atomic mass is 9.82.